The number of rotatable bonds is 3. The van der Waals surface area contributed by atoms with E-state index in [-0.39, 0.29) is 0 Å². The molecule has 70 valence electrons. The van der Waals surface area contributed by atoms with Crippen LogP contribution in [-0.2, 0) is 4.79 Å². The van der Waals surface area contributed by atoms with Gasteiger partial charge in [-0.3, -0.25) is 9.69 Å². The molecule has 0 spiro atoms. The maximum atomic E-state index is 11.0. The standard InChI is InChI=1S/C10H19NO/c1-8(2)6-9(3)11-5-4-10(12)7-11/h8-9H,4-7H2,1-3H3. The minimum Gasteiger partial charge on any atom is -0.298 e. The molecule has 0 aromatic heterocycles. The Morgan fingerprint density at radius 3 is 2.50 bits per heavy atom. The topological polar surface area (TPSA) is 20.3 Å². The molecule has 2 heteroatoms. The summed E-state index contributed by atoms with van der Waals surface area (Å²) in [4.78, 5) is 13.3. The number of carbonyl (C=O) groups is 1. The van der Waals surface area contributed by atoms with E-state index in [1.165, 1.54) is 6.42 Å². The van der Waals surface area contributed by atoms with Crippen molar-refractivity contribution in [3.63, 3.8) is 0 Å². The van der Waals surface area contributed by atoms with Crippen molar-refractivity contribution in [2.75, 3.05) is 13.1 Å². The summed E-state index contributed by atoms with van der Waals surface area (Å²) in [5, 5.41) is 0. The van der Waals surface area contributed by atoms with Crippen LogP contribution in [0.15, 0.2) is 0 Å². The van der Waals surface area contributed by atoms with Crippen LogP contribution >= 0.6 is 0 Å². The summed E-state index contributed by atoms with van der Waals surface area (Å²) < 4.78 is 0. The molecule has 1 atom stereocenters. The summed E-state index contributed by atoms with van der Waals surface area (Å²) >= 11 is 0. The molecule has 1 fully saturated rings. The van der Waals surface area contributed by atoms with Gasteiger partial charge in [0.05, 0.1) is 6.54 Å². The predicted molar refractivity (Wildman–Crippen MR) is 50.1 cm³/mol. The summed E-state index contributed by atoms with van der Waals surface area (Å²) in [7, 11) is 0. The maximum Gasteiger partial charge on any atom is 0.148 e. The summed E-state index contributed by atoms with van der Waals surface area (Å²) in [6.07, 6.45) is 1.97. The Bertz CT molecular complexity index is 165. The van der Waals surface area contributed by atoms with Crippen molar-refractivity contribution in [1.82, 2.24) is 4.90 Å². The lowest BCUT2D eigenvalue weighted by atomic mass is 10.0. The van der Waals surface area contributed by atoms with Crippen molar-refractivity contribution in [3.05, 3.63) is 0 Å². The van der Waals surface area contributed by atoms with E-state index < -0.39 is 0 Å². The van der Waals surface area contributed by atoms with Crippen molar-refractivity contribution in [2.24, 2.45) is 5.92 Å². The molecule has 1 heterocycles. The van der Waals surface area contributed by atoms with Crippen molar-refractivity contribution >= 4 is 5.78 Å². The van der Waals surface area contributed by atoms with Crippen LogP contribution in [0.3, 0.4) is 0 Å². The van der Waals surface area contributed by atoms with Crippen LogP contribution in [0, 0.1) is 5.92 Å². The highest BCUT2D eigenvalue weighted by Crippen LogP contribution is 2.15. The van der Waals surface area contributed by atoms with Gasteiger partial charge in [0, 0.05) is 19.0 Å². The smallest absolute Gasteiger partial charge is 0.148 e. The summed E-state index contributed by atoms with van der Waals surface area (Å²) in [6.45, 7) is 8.35. The molecule has 0 saturated carbocycles. The second-order valence-electron chi connectivity index (χ2n) is 4.24. The molecule has 2 nitrogen and oxygen atoms in total. The second kappa shape index (κ2) is 4.04. The Morgan fingerprint density at radius 1 is 1.42 bits per heavy atom. The molecule has 0 amide bonds. The van der Waals surface area contributed by atoms with Gasteiger partial charge < -0.3 is 0 Å². The first-order valence-electron chi connectivity index (χ1n) is 4.85. The first-order chi connectivity index (χ1) is 5.59. The van der Waals surface area contributed by atoms with Gasteiger partial charge in [-0.05, 0) is 19.3 Å². The number of likely N-dealkylation sites (tertiary alicyclic amines) is 1. The predicted octanol–water partition coefficient (Wildman–Crippen LogP) is 1.70. The van der Waals surface area contributed by atoms with Crippen LogP contribution in [-0.4, -0.2) is 29.8 Å². The van der Waals surface area contributed by atoms with Gasteiger partial charge in [-0.1, -0.05) is 13.8 Å². The van der Waals surface area contributed by atoms with E-state index in [4.69, 9.17) is 0 Å². The highest BCUT2D eigenvalue weighted by molar-refractivity contribution is 5.82. The minimum atomic E-state index is 0.408. The van der Waals surface area contributed by atoms with Gasteiger partial charge in [0.2, 0.25) is 0 Å². The molecule has 0 aromatic rings. The van der Waals surface area contributed by atoms with Gasteiger partial charge in [0.15, 0.2) is 0 Å². The molecule has 0 N–H and O–H groups in total. The SMILES string of the molecule is CC(C)CC(C)N1CCC(=O)C1. The van der Waals surface area contributed by atoms with E-state index in [0.29, 0.717) is 18.4 Å². The van der Waals surface area contributed by atoms with E-state index in [0.717, 1.165) is 18.9 Å². The van der Waals surface area contributed by atoms with Crippen LogP contribution < -0.4 is 0 Å². The quantitative estimate of drug-likeness (QED) is 0.641. The van der Waals surface area contributed by atoms with E-state index >= 15 is 0 Å². The average molecular weight is 169 g/mol. The normalized spacial score (nSPS) is 22.2. The molecular formula is C10H19NO. The lowest BCUT2D eigenvalue weighted by Gasteiger charge is -2.24. The average Bonchev–Trinajstić information content (AvgIpc) is 2.34. The van der Waals surface area contributed by atoms with Gasteiger partial charge >= 0.3 is 0 Å². The fourth-order valence-electron chi connectivity index (χ4n) is 1.86. The number of ketones is 1. The third kappa shape index (κ3) is 2.59. The number of hydrogen-bond acceptors (Lipinski definition) is 2. The number of nitrogens with zero attached hydrogens (tertiary/aromatic N) is 1. The number of hydrogen-bond donors (Lipinski definition) is 0. The molecule has 0 aromatic carbocycles. The largest absolute Gasteiger partial charge is 0.298 e. The van der Waals surface area contributed by atoms with Gasteiger partial charge in [-0.25, -0.2) is 0 Å². The monoisotopic (exact) mass is 169 g/mol. The van der Waals surface area contributed by atoms with Gasteiger partial charge in [-0.15, -0.1) is 0 Å². The lowest BCUT2D eigenvalue weighted by Crippen LogP contribution is -2.32. The molecule has 1 aliphatic heterocycles. The number of carbonyl (C=O) groups excluding carboxylic acids is 1. The highest BCUT2D eigenvalue weighted by Gasteiger charge is 2.23. The fraction of sp³-hybridized carbons (Fsp3) is 0.900. The van der Waals surface area contributed by atoms with E-state index in [9.17, 15) is 4.79 Å². The minimum absolute atomic E-state index is 0.408. The van der Waals surface area contributed by atoms with Crippen molar-refractivity contribution in [1.29, 1.82) is 0 Å². The second-order valence-corrected chi connectivity index (χ2v) is 4.24. The van der Waals surface area contributed by atoms with Crippen molar-refractivity contribution in [3.8, 4) is 0 Å². The zero-order chi connectivity index (χ0) is 9.14. The molecule has 12 heavy (non-hydrogen) atoms. The molecule has 0 radical (unpaired) electrons. The molecular weight excluding hydrogens is 150 g/mol. The summed E-state index contributed by atoms with van der Waals surface area (Å²) in [5.41, 5.74) is 0. The lowest BCUT2D eigenvalue weighted by molar-refractivity contribution is -0.117. The Morgan fingerprint density at radius 2 is 2.08 bits per heavy atom. The van der Waals surface area contributed by atoms with Gasteiger partial charge in [0.1, 0.15) is 5.78 Å². The summed E-state index contributed by atoms with van der Waals surface area (Å²) in [6, 6.07) is 0.580. The fourth-order valence-corrected chi connectivity index (χ4v) is 1.86. The third-order valence-electron chi connectivity index (χ3n) is 2.49. The van der Waals surface area contributed by atoms with Crippen LogP contribution in [0.1, 0.15) is 33.6 Å². The van der Waals surface area contributed by atoms with Crippen LogP contribution in [0.5, 0.6) is 0 Å². The Labute approximate surface area is 74.9 Å². The first-order valence-corrected chi connectivity index (χ1v) is 4.85. The Balaban J connectivity index is 2.32. The molecule has 1 aliphatic rings. The zero-order valence-corrected chi connectivity index (χ0v) is 8.34. The van der Waals surface area contributed by atoms with E-state index in [2.05, 4.69) is 25.7 Å². The molecule has 0 aliphatic carbocycles. The zero-order valence-electron chi connectivity index (χ0n) is 8.34. The van der Waals surface area contributed by atoms with Crippen molar-refractivity contribution < 1.29 is 4.79 Å². The van der Waals surface area contributed by atoms with E-state index in [1.54, 1.807) is 0 Å². The molecule has 1 saturated heterocycles. The van der Waals surface area contributed by atoms with Crippen molar-refractivity contribution in [2.45, 2.75) is 39.7 Å². The highest BCUT2D eigenvalue weighted by atomic mass is 16.1. The van der Waals surface area contributed by atoms with Crippen LogP contribution in [0.25, 0.3) is 0 Å². The maximum absolute atomic E-state index is 11.0. The van der Waals surface area contributed by atoms with E-state index in [1.807, 2.05) is 0 Å². The Hall–Kier alpha value is -0.370. The third-order valence-corrected chi connectivity index (χ3v) is 2.49. The van der Waals surface area contributed by atoms with Crippen LogP contribution in [0.4, 0.5) is 0 Å². The molecule has 1 rings (SSSR count). The summed E-state index contributed by atoms with van der Waals surface area (Å²) in [5.74, 6) is 1.14. The van der Waals surface area contributed by atoms with Gasteiger partial charge in [-0.2, -0.15) is 0 Å². The Kier molecular flexibility index (Phi) is 3.27. The first kappa shape index (κ1) is 9.72. The molecule has 0 bridgehead atoms. The van der Waals surface area contributed by atoms with Crippen LogP contribution in [0.2, 0.25) is 0 Å². The van der Waals surface area contributed by atoms with Gasteiger partial charge in [0.25, 0.3) is 0 Å². The molecule has 1 unspecified atom stereocenters. The number of Topliss-reactive ketones (excluding diaryl/α,β-unsaturated/α-hetero) is 1.